The fraction of sp³-hybridized carbons (Fsp3) is 0.208. The van der Waals surface area contributed by atoms with Crippen molar-refractivity contribution in [3.8, 4) is 11.5 Å². The number of hydrogen-bond donors (Lipinski definition) is 2. The number of benzene rings is 3. The molecule has 0 aromatic heterocycles. The molecular weight excluding hydrogens is 383 g/mol. The van der Waals surface area contributed by atoms with E-state index in [1.807, 2.05) is 49.4 Å². The Morgan fingerprint density at radius 1 is 0.933 bits per heavy atom. The molecule has 6 heteroatoms. The molecule has 1 heterocycles. The second-order valence-corrected chi connectivity index (χ2v) is 7.38. The lowest BCUT2D eigenvalue weighted by Crippen LogP contribution is -2.40. The summed E-state index contributed by atoms with van der Waals surface area (Å²) >= 11 is 0. The van der Waals surface area contributed by atoms with Crippen LogP contribution in [0, 0.1) is 12.7 Å². The fourth-order valence-electron chi connectivity index (χ4n) is 3.42. The van der Waals surface area contributed by atoms with Gasteiger partial charge < -0.3 is 20.1 Å². The lowest BCUT2D eigenvalue weighted by Gasteiger charge is -2.20. The number of carbonyl (C=O) groups is 1. The standard InChI is InChI=1S/C24H23FN2O3/c1-16-2-9-20(10-3-16)26-24(28)27-21(12-17-4-7-19(25)8-5-17)13-18-6-11-22-23(14-18)30-15-29-22/h2-11,14,21H,12-13,15H2,1H3,(H2,26,27,28). The van der Waals surface area contributed by atoms with Crippen LogP contribution in [0.1, 0.15) is 16.7 Å². The van der Waals surface area contributed by atoms with Gasteiger partial charge >= 0.3 is 6.03 Å². The minimum Gasteiger partial charge on any atom is -0.454 e. The van der Waals surface area contributed by atoms with Crippen LogP contribution < -0.4 is 20.1 Å². The molecule has 1 aliphatic rings. The number of rotatable bonds is 6. The maximum Gasteiger partial charge on any atom is 0.319 e. The van der Waals surface area contributed by atoms with Crippen molar-refractivity contribution in [3.63, 3.8) is 0 Å². The van der Waals surface area contributed by atoms with E-state index in [0.29, 0.717) is 18.6 Å². The summed E-state index contributed by atoms with van der Waals surface area (Å²) in [5.74, 6) is 1.15. The maximum atomic E-state index is 13.3. The number of nitrogens with one attached hydrogen (secondary N) is 2. The Morgan fingerprint density at radius 2 is 1.60 bits per heavy atom. The molecule has 0 aliphatic carbocycles. The lowest BCUT2D eigenvalue weighted by atomic mass is 9.98. The van der Waals surface area contributed by atoms with Crippen molar-refractivity contribution >= 4 is 11.7 Å². The smallest absolute Gasteiger partial charge is 0.319 e. The van der Waals surface area contributed by atoms with Gasteiger partial charge in [-0.15, -0.1) is 0 Å². The number of ether oxygens (including phenoxy) is 2. The van der Waals surface area contributed by atoms with Crippen molar-refractivity contribution in [1.29, 1.82) is 0 Å². The largest absolute Gasteiger partial charge is 0.454 e. The van der Waals surface area contributed by atoms with E-state index in [2.05, 4.69) is 10.6 Å². The quantitative estimate of drug-likeness (QED) is 0.616. The van der Waals surface area contributed by atoms with Gasteiger partial charge in [-0.3, -0.25) is 0 Å². The average Bonchev–Trinajstić information content (AvgIpc) is 3.19. The monoisotopic (exact) mass is 406 g/mol. The van der Waals surface area contributed by atoms with E-state index in [-0.39, 0.29) is 24.7 Å². The summed E-state index contributed by atoms with van der Waals surface area (Å²) < 4.78 is 24.1. The number of urea groups is 1. The highest BCUT2D eigenvalue weighted by atomic mass is 19.1. The predicted molar refractivity (Wildman–Crippen MR) is 113 cm³/mol. The maximum absolute atomic E-state index is 13.3. The molecule has 3 aromatic rings. The number of halogens is 1. The topological polar surface area (TPSA) is 59.6 Å². The zero-order chi connectivity index (χ0) is 20.9. The van der Waals surface area contributed by atoms with Crippen LogP contribution in [-0.4, -0.2) is 18.9 Å². The molecule has 4 rings (SSSR count). The van der Waals surface area contributed by atoms with Crippen molar-refractivity contribution < 1.29 is 18.7 Å². The van der Waals surface area contributed by atoms with Gasteiger partial charge in [0.2, 0.25) is 6.79 Å². The summed E-state index contributed by atoms with van der Waals surface area (Å²) in [6.07, 6.45) is 1.16. The Labute approximate surface area is 174 Å². The van der Waals surface area contributed by atoms with Crippen molar-refractivity contribution in [2.24, 2.45) is 0 Å². The lowest BCUT2D eigenvalue weighted by molar-refractivity contribution is 0.174. The van der Waals surface area contributed by atoms with Crippen molar-refractivity contribution in [2.75, 3.05) is 12.1 Å². The third-order valence-electron chi connectivity index (χ3n) is 4.96. The van der Waals surface area contributed by atoms with Crippen LogP contribution in [0.15, 0.2) is 66.7 Å². The molecule has 5 nitrogen and oxygen atoms in total. The summed E-state index contributed by atoms with van der Waals surface area (Å²) in [6.45, 7) is 2.21. The fourth-order valence-corrected chi connectivity index (χ4v) is 3.42. The SMILES string of the molecule is Cc1ccc(NC(=O)NC(Cc2ccc(F)cc2)Cc2ccc3c(c2)OCO3)cc1. The Kier molecular flexibility index (Phi) is 5.84. The van der Waals surface area contributed by atoms with Crippen LogP contribution in [0.3, 0.4) is 0 Å². The summed E-state index contributed by atoms with van der Waals surface area (Å²) in [5, 5.41) is 5.91. The third-order valence-corrected chi connectivity index (χ3v) is 4.96. The van der Waals surface area contributed by atoms with Gasteiger partial charge in [-0.25, -0.2) is 9.18 Å². The van der Waals surface area contributed by atoms with Gasteiger partial charge in [0.1, 0.15) is 5.82 Å². The Hall–Kier alpha value is -3.54. The van der Waals surface area contributed by atoms with Crippen molar-refractivity contribution in [3.05, 3.63) is 89.2 Å². The van der Waals surface area contributed by atoms with E-state index in [9.17, 15) is 9.18 Å². The summed E-state index contributed by atoms with van der Waals surface area (Å²) in [7, 11) is 0. The van der Waals surface area contributed by atoms with Gasteiger partial charge in [-0.1, -0.05) is 35.9 Å². The van der Waals surface area contributed by atoms with E-state index in [1.165, 1.54) is 12.1 Å². The molecule has 0 spiro atoms. The molecule has 1 unspecified atom stereocenters. The summed E-state index contributed by atoms with van der Waals surface area (Å²) in [6, 6.07) is 19.2. The van der Waals surface area contributed by atoms with E-state index in [0.717, 1.165) is 28.1 Å². The minimum atomic E-state index is -0.285. The van der Waals surface area contributed by atoms with Gasteiger partial charge in [-0.2, -0.15) is 0 Å². The molecular formula is C24H23FN2O3. The normalized spacial score (nSPS) is 13.0. The summed E-state index contributed by atoms with van der Waals surface area (Å²) in [4.78, 5) is 12.6. The predicted octanol–water partition coefficient (Wildman–Crippen LogP) is 4.84. The molecule has 0 saturated heterocycles. The van der Waals surface area contributed by atoms with Crippen LogP contribution in [-0.2, 0) is 12.8 Å². The molecule has 1 aliphatic heterocycles. The number of carbonyl (C=O) groups excluding carboxylic acids is 1. The van der Waals surface area contributed by atoms with Gasteiger partial charge in [-0.05, 0) is 67.3 Å². The number of amides is 2. The van der Waals surface area contributed by atoms with E-state index >= 15 is 0 Å². The number of hydrogen-bond acceptors (Lipinski definition) is 3. The Balaban J connectivity index is 1.47. The van der Waals surface area contributed by atoms with Crippen molar-refractivity contribution in [1.82, 2.24) is 5.32 Å². The van der Waals surface area contributed by atoms with Gasteiger partial charge in [0, 0.05) is 11.7 Å². The molecule has 1 atom stereocenters. The van der Waals surface area contributed by atoms with Crippen LogP contribution in [0.5, 0.6) is 11.5 Å². The highest BCUT2D eigenvalue weighted by Gasteiger charge is 2.18. The van der Waals surface area contributed by atoms with Crippen LogP contribution in [0.25, 0.3) is 0 Å². The highest BCUT2D eigenvalue weighted by molar-refractivity contribution is 5.89. The van der Waals surface area contributed by atoms with E-state index < -0.39 is 0 Å². The molecule has 0 fully saturated rings. The first-order valence-corrected chi connectivity index (χ1v) is 9.82. The molecule has 0 saturated carbocycles. The first kappa shape index (κ1) is 19.8. The molecule has 2 N–H and O–H groups in total. The Bertz CT molecular complexity index is 1020. The van der Waals surface area contributed by atoms with Gasteiger partial charge in [0.15, 0.2) is 11.5 Å². The zero-order valence-electron chi connectivity index (χ0n) is 16.7. The van der Waals surface area contributed by atoms with Gasteiger partial charge in [0.25, 0.3) is 0 Å². The molecule has 0 bridgehead atoms. The molecule has 3 aromatic carbocycles. The summed E-state index contributed by atoms with van der Waals surface area (Å²) in [5.41, 5.74) is 3.81. The number of fused-ring (bicyclic) bond motifs is 1. The molecule has 30 heavy (non-hydrogen) atoms. The number of anilines is 1. The second kappa shape index (κ2) is 8.86. The first-order valence-electron chi connectivity index (χ1n) is 9.82. The van der Waals surface area contributed by atoms with Crippen molar-refractivity contribution in [2.45, 2.75) is 25.8 Å². The number of aryl methyl sites for hydroxylation is 1. The van der Waals surface area contributed by atoms with Crippen LogP contribution >= 0.6 is 0 Å². The van der Waals surface area contributed by atoms with E-state index in [4.69, 9.17) is 9.47 Å². The molecule has 154 valence electrons. The Morgan fingerprint density at radius 3 is 2.37 bits per heavy atom. The van der Waals surface area contributed by atoms with Gasteiger partial charge in [0.05, 0.1) is 0 Å². The molecule has 0 radical (unpaired) electrons. The molecule has 2 amide bonds. The van der Waals surface area contributed by atoms with Crippen LogP contribution in [0.2, 0.25) is 0 Å². The zero-order valence-corrected chi connectivity index (χ0v) is 16.7. The first-order chi connectivity index (χ1) is 14.5. The van der Waals surface area contributed by atoms with E-state index in [1.54, 1.807) is 12.1 Å². The minimum absolute atomic E-state index is 0.193. The average molecular weight is 406 g/mol. The third kappa shape index (κ3) is 5.08. The van der Waals surface area contributed by atoms with Crippen LogP contribution in [0.4, 0.5) is 14.9 Å². The second-order valence-electron chi connectivity index (χ2n) is 7.38. The highest BCUT2D eigenvalue weighted by Crippen LogP contribution is 2.33.